The summed E-state index contributed by atoms with van der Waals surface area (Å²) in [6.45, 7) is 6.94. The highest BCUT2D eigenvalue weighted by atomic mass is 16.5. The molecule has 2 aliphatic rings. The van der Waals surface area contributed by atoms with Gasteiger partial charge in [-0.15, -0.1) is 0 Å². The zero-order valence-corrected chi connectivity index (χ0v) is 18.5. The van der Waals surface area contributed by atoms with Crippen LogP contribution in [-0.4, -0.2) is 62.8 Å². The fourth-order valence-corrected chi connectivity index (χ4v) is 4.72. The van der Waals surface area contributed by atoms with Gasteiger partial charge in [0.15, 0.2) is 0 Å². The summed E-state index contributed by atoms with van der Waals surface area (Å²) >= 11 is 0. The first-order chi connectivity index (χ1) is 15.5. The SMILES string of the molecule is Cc1cc(C)nc(N2CCC3(CC2)OCCN(Cc2n[nH]cc2-c2ccccc2)C3=O)n1. The van der Waals surface area contributed by atoms with Gasteiger partial charge in [-0.2, -0.15) is 5.10 Å². The maximum absolute atomic E-state index is 13.5. The molecule has 2 saturated heterocycles. The largest absolute Gasteiger partial charge is 0.363 e. The van der Waals surface area contributed by atoms with E-state index in [0.717, 1.165) is 34.2 Å². The molecule has 2 aromatic heterocycles. The van der Waals surface area contributed by atoms with Gasteiger partial charge in [0.05, 0.1) is 18.8 Å². The number of aromatic amines is 1. The van der Waals surface area contributed by atoms with Gasteiger partial charge < -0.3 is 14.5 Å². The monoisotopic (exact) mass is 432 g/mol. The van der Waals surface area contributed by atoms with Crippen molar-refractivity contribution >= 4 is 11.9 Å². The predicted molar refractivity (Wildman–Crippen MR) is 121 cm³/mol. The average Bonchev–Trinajstić information content (AvgIpc) is 3.26. The Labute approximate surface area is 187 Å². The molecule has 1 aromatic carbocycles. The van der Waals surface area contributed by atoms with Crippen LogP contribution in [0.4, 0.5) is 5.95 Å². The van der Waals surface area contributed by atoms with Crippen molar-refractivity contribution in [2.45, 2.75) is 38.8 Å². The molecule has 1 N–H and O–H groups in total. The summed E-state index contributed by atoms with van der Waals surface area (Å²) in [5.74, 6) is 0.799. The Morgan fingerprint density at radius 3 is 2.50 bits per heavy atom. The van der Waals surface area contributed by atoms with Crippen LogP contribution in [0.2, 0.25) is 0 Å². The number of rotatable bonds is 4. The van der Waals surface area contributed by atoms with Crippen molar-refractivity contribution in [3.8, 4) is 11.1 Å². The van der Waals surface area contributed by atoms with Gasteiger partial charge in [0, 0.05) is 55.6 Å². The van der Waals surface area contributed by atoms with Gasteiger partial charge in [-0.3, -0.25) is 9.89 Å². The summed E-state index contributed by atoms with van der Waals surface area (Å²) in [5, 5.41) is 7.40. The molecule has 1 amide bonds. The molecule has 0 unspecified atom stereocenters. The molecule has 166 valence electrons. The van der Waals surface area contributed by atoms with Crippen LogP contribution in [0.1, 0.15) is 29.9 Å². The topological polar surface area (TPSA) is 87.2 Å². The van der Waals surface area contributed by atoms with Gasteiger partial charge in [0.2, 0.25) is 5.95 Å². The van der Waals surface area contributed by atoms with Crippen LogP contribution in [0.5, 0.6) is 0 Å². The van der Waals surface area contributed by atoms with E-state index in [2.05, 4.69) is 37.2 Å². The number of amides is 1. The molecule has 8 nitrogen and oxygen atoms in total. The second-order valence-corrected chi connectivity index (χ2v) is 8.62. The number of aryl methyl sites for hydroxylation is 2. The highest BCUT2D eigenvalue weighted by molar-refractivity contribution is 5.86. The third-order valence-electron chi connectivity index (χ3n) is 6.39. The quantitative estimate of drug-likeness (QED) is 0.682. The maximum atomic E-state index is 13.5. The Kier molecular flexibility index (Phi) is 5.38. The average molecular weight is 433 g/mol. The zero-order valence-electron chi connectivity index (χ0n) is 18.5. The van der Waals surface area contributed by atoms with Gasteiger partial charge >= 0.3 is 0 Å². The highest BCUT2D eigenvalue weighted by Gasteiger charge is 2.47. The number of nitrogens with zero attached hydrogens (tertiary/aromatic N) is 5. The number of nitrogens with one attached hydrogen (secondary N) is 1. The number of benzene rings is 1. The molecule has 0 bridgehead atoms. The van der Waals surface area contributed by atoms with Crippen LogP contribution < -0.4 is 4.90 Å². The molecule has 0 atom stereocenters. The van der Waals surface area contributed by atoms with Gasteiger partial charge in [-0.1, -0.05) is 30.3 Å². The Morgan fingerprint density at radius 1 is 1.06 bits per heavy atom. The van der Waals surface area contributed by atoms with Crippen LogP contribution in [0.25, 0.3) is 11.1 Å². The number of anilines is 1. The van der Waals surface area contributed by atoms with Crippen molar-refractivity contribution in [1.82, 2.24) is 25.1 Å². The molecule has 1 spiro atoms. The summed E-state index contributed by atoms with van der Waals surface area (Å²) in [5.41, 5.74) is 4.14. The van der Waals surface area contributed by atoms with E-state index in [1.807, 2.05) is 49.2 Å². The first-order valence-corrected chi connectivity index (χ1v) is 11.1. The summed E-state index contributed by atoms with van der Waals surface area (Å²) in [6, 6.07) is 12.1. The molecule has 4 heterocycles. The van der Waals surface area contributed by atoms with E-state index >= 15 is 0 Å². The van der Waals surface area contributed by atoms with Gasteiger partial charge in [-0.05, 0) is 25.5 Å². The molecule has 8 heteroatoms. The zero-order chi connectivity index (χ0) is 22.1. The van der Waals surface area contributed by atoms with Gasteiger partial charge in [0.1, 0.15) is 5.60 Å². The molecule has 3 aromatic rings. The Hall–Kier alpha value is -3.26. The molecule has 0 radical (unpaired) electrons. The molecular weight excluding hydrogens is 404 g/mol. The number of piperidine rings is 1. The minimum atomic E-state index is -0.767. The normalized spacial score (nSPS) is 18.4. The van der Waals surface area contributed by atoms with Crippen molar-refractivity contribution in [3.05, 3.63) is 59.7 Å². The van der Waals surface area contributed by atoms with E-state index in [-0.39, 0.29) is 5.91 Å². The predicted octanol–water partition coefficient (Wildman–Crippen LogP) is 2.88. The lowest BCUT2D eigenvalue weighted by Gasteiger charge is -2.46. The number of ether oxygens (including phenoxy) is 1. The first kappa shape index (κ1) is 20.6. The van der Waals surface area contributed by atoms with Crippen molar-refractivity contribution in [3.63, 3.8) is 0 Å². The minimum Gasteiger partial charge on any atom is -0.363 e. The van der Waals surface area contributed by atoms with E-state index in [1.165, 1.54) is 0 Å². The molecule has 5 rings (SSSR count). The lowest BCUT2D eigenvalue weighted by atomic mass is 9.88. The standard InChI is InChI=1S/C24H28N6O2/c1-17-14-18(2)27-23(26-17)29-10-8-24(9-11-29)22(31)30(12-13-32-24)16-21-20(15-25-28-21)19-6-4-3-5-7-19/h3-7,14-15H,8-13,16H2,1-2H3,(H,25,28). The summed E-state index contributed by atoms with van der Waals surface area (Å²) < 4.78 is 6.13. The van der Waals surface area contributed by atoms with E-state index in [0.29, 0.717) is 45.6 Å². The van der Waals surface area contributed by atoms with Gasteiger partial charge in [0.25, 0.3) is 5.91 Å². The summed E-state index contributed by atoms with van der Waals surface area (Å²) in [4.78, 5) is 26.8. The first-order valence-electron chi connectivity index (χ1n) is 11.1. The molecule has 0 aliphatic carbocycles. The van der Waals surface area contributed by atoms with E-state index in [4.69, 9.17) is 4.74 Å². The lowest BCUT2D eigenvalue weighted by molar-refractivity contribution is -0.176. The molecule has 32 heavy (non-hydrogen) atoms. The number of hydrogen-bond donors (Lipinski definition) is 1. The number of morpholine rings is 1. The van der Waals surface area contributed by atoms with Crippen LogP contribution >= 0.6 is 0 Å². The van der Waals surface area contributed by atoms with E-state index in [1.54, 1.807) is 0 Å². The third kappa shape index (κ3) is 3.86. The second kappa shape index (κ2) is 8.35. The van der Waals surface area contributed by atoms with E-state index < -0.39 is 5.60 Å². The third-order valence-corrected chi connectivity index (χ3v) is 6.39. The molecule has 2 fully saturated rings. The Balaban J connectivity index is 1.30. The van der Waals surface area contributed by atoms with Crippen LogP contribution in [0.3, 0.4) is 0 Å². The van der Waals surface area contributed by atoms with Crippen molar-refractivity contribution in [2.75, 3.05) is 31.1 Å². The fraction of sp³-hybridized carbons (Fsp3) is 0.417. The van der Waals surface area contributed by atoms with Crippen molar-refractivity contribution < 1.29 is 9.53 Å². The lowest BCUT2D eigenvalue weighted by Crippen LogP contribution is -2.60. The van der Waals surface area contributed by atoms with Crippen LogP contribution in [0, 0.1) is 13.8 Å². The van der Waals surface area contributed by atoms with E-state index in [9.17, 15) is 4.79 Å². The smallest absolute Gasteiger partial charge is 0.255 e. The Morgan fingerprint density at radius 2 is 1.78 bits per heavy atom. The molecule has 0 saturated carbocycles. The second-order valence-electron chi connectivity index (χ2n) is 8.62. The summed E-state index contributed by atoms with van der Waals surface area (Å²) in [7, 11) is 0. The number of carbonyl (C=O) groups excluding carboxylic acids is 1. The van der Waals surface area contributed by atoms with Crippen LogP contribution in [0.15, 0.2) is 42.6 Å². The Bertz CT molecular complexity index is 1080. The van der Waals surface area contributed by atoms with Crippen molar-refractivity contribution in [1.29, 1.82) is 0 Å². The highest BCUT2D eigenvalue weighted by Crippen LogP contribution is 2.34. The van der Waals surface area contributed by atoms with Crippen LogP contribution in [-0.2, 0) is 16.1 Å². The summed E-state index contributed by atoms with van der Waals surface area (Å²) in [6.07, 6.45) is 3.16. The fourth-order valence-electron chi connectivity index (χ4n) is 4.72. The number of hydrogen-bond acceptors (Lipinski definition) is 6. The van der Waals surface area contributed by atoms with Crippen molar-refractivity contribution in [2.24, 2.45) is 0 Å². The maximum Gasteiger partial charge on any atom is 0.255 e. The number of carbonyl (C=O) groups is 1. The molecule has 2 aliphatic heterocycles. The molecular formula is C24H28N6O2. The number of H-pyrrole nitrogens is 1. The minimum absolute atomic E-state index is 0.0618. The van der Waals surface area contributed by atoms with Gasteiger partial charge in [-0.25, -0.2) is 9.97 Å². The number of aromatic nitrogens is 4.